The Hall–Kier alpha value is -3.76. The zero-order chi connectivity index (χ0) is 26.4. The Kier molecular flexibility index (Phi) is 8.20. The monoisotopic (exact) mass is 526 g/mol. The molecule has 0 aliphatic carbocycles. The van der Waals surface area contributed by atoms with Gasteiger partial charge in [0.05, 0.1) is 11.0 Å². The van der Waals surface area contributed by atoms with E-state index in [1.807, 2.05) is 43.0 Å². The second-order valence-electron chi connectivity index (χ2n) is 8.76. The van der Waals surface area contributed by atoms with E-state index < -0.39 is 22.6 Å². The fourth-order valence-electron chi connectivity index (χ4n) is 3.94. The number of rotatable bonds is 10. The third-order valence-electron chi connectivity index (χ3n) is 5.69. The van der Waals surface area contributed by atoms with Crippen LogP contribution < -0.4 is 19.1 Å². The number of carboxylic acids is 1. The number of nitrogens with zero attached hydrogens (tertiary/aromatic N) is 2. The fourth-order valence-corrected chi connectivity index (χ4v) is 5.37. The van der Waals surface area contributed by atoms with E-state index in [-0.39, 0.29) is 11.0 Å². The van der Waals surface area contributed by atoms with E-state index in [4.69, 9.17) is 19.3 Å². The van der Waals surface area contributed by atoms with E-state index in [1.54, 1.807) is 48.5 Å². The lowest BCUT2D eigenvalue weighted by Gasteiger charge is -2.35. The van der Waals surface area contributed by atoms with Crippen molar-refractivity contribution < 1.29 is 32.5 Å². The number of hydrogen-bond donors (Lipinski definition) is 1. The highest BCUT2D eigenvalue weighted by molar-refractivity contribution is 7.89. The number of ether oxygens (including phenoxy) is 3. The molecule has 196 valence electrons. The molecule has 0 radical (unpaired) electrons. The standard InChI is InChI=1S/C27H30N2O7S/c1-20(2)35-23-9-11-24(12-10-23)37(32,33)29-16-14-28(15-17-29)21-8-13-25(26(18-21)34-19-27(30)31)36-22-6-4-3-5-7-22/h3-13,18,20H,14-17,19H2,1-2H3,(H,30,31). The molecule has 0 spiro atoms. The lowest BCUT2D eigenvalue weighted by molar-refractivity contribution is -0.139. The van der Waals surface area contributed by atoms with Crippen molar-refractivity contribution in [1.29, 1.82) is 0 Å². The number of hydrogen-bond acceptors (Lipinski definition) is 7. The Labute approximate surface area is 216 Å². The molecule has 0 aromatic heterocycles. The van der Waals surface area contributed by atoms with Gasteiger partial charge in [-0.1, -0.05) is 18.2 Å². The van der Waals surface area contributed by atoms with Crippen LogP contribution in [0.2, 0.25) is 0 Å². The molecule has 3 aromatic carbocycles. The minimum absolute atomic E-state index is 0.00421. The number of anilines is 1. The predicted octanol–water partition coefficient (Wildman–Crippen LogP) is 4.24. The van der Waals surface area contributed by atoms with Gasteiger partial charge in [0.25, 0.3) is 0 Å². The number of piperazine rings is 1. The molecule has 0 atom stereocenters. The summed E-state index contributed by atoms with van der Waals surface area (Å²) < 4.78 is 44.8. The zero-order valence-electron chi connectivity index (χ0n) is 20.7. The Balaban J connectivity index is 1.45. The molecule has 1 aliphatic rings. The molecule has 1 saturated heterocycles. The average molecular weight is 527 g/mol. The van der Waals surface area contributed by atoms with E-state index in [1.165, 1.54) is 4.31 Å². The van der Waals surface area contributed by atoms with E-state index in [2.05, 4.69) is 0 Å². The van der Waals surface area contributed by atoms with Crippen molar-refractivity contribution >= 4 is 21.7 Å². The summed E-state index contributed by atoms with van der Waals surface area (Å²) in [5.41, 5.74) is 0.785. The van der Waals surface area contributed by atoms with Crippen LogP contribution in [0.4, 0.5) is 5.69 Å². The van der Waals surface area contributed by atoms with Crippen molar-refractivity contribution in [2.45, 2.75) is 24.8 Å². The van der Waals surface area contributed by atoms with Crippen LogP contribution in [0.3, 0.4) is 0 Å². The number of para-hydroxylation sites is 1. The van der Waals surface area contributed by atoms with Gasteiger partial charge >= 0.3 is 5.97 Å². The Morgan fingerprint density at radius 2 is 1.57 bits per heavy atom. The minimum Gasteiger partial charge on any atom is -0.491 e. The summed E-state index contributed by atoms with van der Waals surface area (Å²) >= 11 is 0. The maximum atomic E-state index is 13.2. The lowest BCUT2D eigenvalue weighted by atomic mass is 10.2. The van der Waals surface area contributed by atoms with E-state index in [9.17, 15) is 13.2 Å². The molecule has 37 heavy (non-hydrogen) atoms. The normalized spacial score (nSPS) is 14.4. The first kappa shape index (κ1) is 26.3. The number of sulfonamides is 1. The maximum absolute atomic E-state index is 13.2. The topological polar surface area (TPSA) is 106 Å². The van der Waals surface area contributed by atoms with Crippen LogP contribution in [0.25, 0.3) is 0 Å². The van der Waals surface area contributed by atoms with Crippen LogP contribution in [-0.4, -0.2) is 62.7 Å². The summed E-state index contributed by atoms with van der Waals surface area (Å²) in [5.74, 6) is 0.806. The summed E-state index contributed by atoms with van der Waals surface area (Å²) in [4.78, 5) is 13.4. The lowest BCUT2D eigenvalue weighted by Crippen LogP contribution is -2.48. The highest BCUT2D eigenvalue weighted by atomic mass is 32.2. The molecule has 0 saturated carbocycles. The van der Waals surface area contributed by atoms with Crippen molar-refractivity contribution in [3.05, 3.63) is 72.8 Å². The van der Waals surface area contributed by atoms with Gasteiger partial charge < -0.3 is 24.2 Å². The fraction of sp³-hybridized carbons (Fsp3) is 0.296. The highest BCUT2D eigenvalue weighted by Gasteiger charge is 2.29. The van der Waals surface area contributed by atoms with Crippen LogP contribution in [0.1, 0.15) is 13.8 Å². The third-order valence-corrected chi connectivity index (χ3v) is 7.60. The van der Waals surface area contributed by atoms with Crippen LogP contribution in [0.15, 0.2) is 77.7 Å². The van der Waals surface area contributed by atoms with Crippen LogP contribution in [-0.2, 0) is 14.8 Å². The second-order valence-corrected chi connectivity index (χ2v) is 10.7. The van der Waals surface area contributed by atoms with Crippen molar-refractivity contribution in [2.75, 3.05) is 37.7 Å². The Morgan fingerprint density at radius 3 is 2.19 bits per heavy atom. The summed E-state index contributed by atoms with van der Waals surface area (Å²) in [6.45, 7) is 4.85. The first-order valence-corrected chi connectivity index (χ1v) is 13.4. The quantitative estimate of drug-likeness (QED) is 0.418. The average Bonchev–Trinajstić information content (AvgIpc) is 2.89. The Morgan fingerprint density at radius 1 is 0.892 bits per heavy atom. The third kappa shape index (κ3) is 6.72. The van der Waals surface area contributed by atoms with Crippen molar-refractivity contribution in [1.82, 2.24) is 4.31 Å². The van der Waals surface area contributed by atoms with Crippen LogP contribution in [0, 0.1) is 0 Å². The van der Waals surface area contributed by atoms with Gasteiger partial charge in [-0.2, -0.15) is 4.31 Å². The van der Waals surface area contributed by atoms with Crippen LogP contribution in [0.5, 0.6) is 23.0 Å². The van der Waals surface area contributed by atoms with Crippen LogP contribution >= 0.6 is 0 Å². The first-order valence-electron chi connectivity index (χ1n) is 12.0. The van der Waals surface area contributed by atoms with Gasteiger partial charge in [0.2, 0.25) is 10.0 Å². The van der Waals surface area contributed by atoms with Gasteiger partial charge in [0, 0.05) is 37.9 Å². The summed E-state index contributed by atoms with van der Waals surface area (Å²) in [5, 5.41) is 9.08. The van der Waals surface area contributed by atoms with E-state index in [0.29, 0.717) is 49.2 Å². The largest absolute Gasteiger partial charge is 0.491 e. The van der Waals surface area contributed by atoms with Gasteiger partial charge in [0.15, 0.2) is 18.1 Å². The summed E-state index contributed by atoms with van der Waals surface area (Å²) in [6, 6.07) is 20.9. The second kappa shape index (κ2) is 11.5. The van der Waals surface area contributed by atoms with Gasteiger partial charge in [-0.15, -0.1) is 0 Å². The van der Waals surface area contributed by atoms with Gasteiger partial charge in [0.1, 0.15) is 11.5 Å². The molecule has 1 N–H and O–H groups in total. The molecule has 4 rings (SSSR count). The van der Waals surface area contributed by atoms with Crippen molar-refractivity contribution in [3.63, 3.8) is 0 Å². The van der Waals surface area contributed by atoms with Gasteiger partial charge in [-0.25, -0.2) is 13.2 Å². The van der Waals surface area contributed by atoms with Crippen molar-refractivity contribution in [2.24, 2.45) is 0 Å². The zero-order valence-corrected chi connectivity index (χ0v) is 21.6. The first-order chi connectivity index (χ1) is 17.7. The molecule has 3 aromatic rings. The summed E-state index contributed by atoms with van der Waals surface area (Å²) in [6.07, 6.45) is 0.00421. The molecule has 10 heteroatoms. The number of aliphatic carboxylic acids is 1. The number of carbonyl (C=O) groups is 1. The molecular weight excluding hydrogens is 496 g/mol. The SMILES string of the molecule is CC(C)Oc1ccc(S(=O)(=O)N2CCN(c3ccc(Oc4ccccc4)c(OCC(=O)O)c3)CC2)cc1. The van der Waals surface area contributed by atoms with Crippen molar-refractivity contribution in [3.8, 4) is 23.0 Å². The molecule has 9 nitrogen and oxygen atoms in total. The smallest absolute Gasteiger partial charge is 0.341 e. The number of carboxylic acid groups (broad SMARTS) is 1. The van der Waals surface area contributed by atoms with Gasteiger partial charge in [-0.05, 0) is 62.4 Å². The molecular formula is C27H30N2O7S. The highest BCUT2D eigenvalue weighted by Crippen LogP contribution is 2.36. The van der Waals surface area contributed by atoms with Gasteiger partial charge in [-0.3, -0.25) is 0 Å². The molecule has 1 heterocycles. The molecule has 0 bridgehead atoms. The van der Waals surface area contributed by atoms with E-state index in [0.717, 1.165) is 5.69 Å². The predicted molar refractivity (Wildman–Crippen MR) is 139 cm³/mol. The Bertz CT molecular complexity index is 1300. The van der Waals surface area contributed by atoms with E-state index >= 15 is 0 Å². The maximum Gasteiger partial charge on any atom is 0.341 e. The number of benzene rings is 3. The molecule has 1 fully saturated rings. The summed E-state index contributed by atoms with van der Waals surface area (Å²) in [7, 11) is -3.64. The molecule has 0 amide bonds. The minimum atomic E-state index is -3.64. The molecule has 0 unspecified atom stereocenters. The molecule has 1 aliphatic heterocycles.